The molecule has 14 heavy (non-hydrogen) atoms. The van der Waals surface area contributed by atoms with E-state index in [1.807, 2.05) is 25.1 Å². The maximum atomic E-state index is 11.3. The van der Waals surface area contributed by atoms with Gasteiger partial charge < -0.3 is 9.64 Å². The Labute approximate surface area is 83.5 Å². The number of aromatic nitrogens is 1. The molecule has 0 bridgehead atoms. The van der Waals surface area contributed by atoms with Gasteiger partial charge in [-0.25, -0.2) is 9.78 Å². The maximum Gasteiger partial charge on any atom is 0.356 e. The van der Waals surface area contributed by atoms with Crippen molar-refractivity contribution in [2.45, 2.75) is 6.92 Å². The Morgan fingerprint density at radius 2 is 2.29 bits per heavy atom. The monoisotopic (exact) mass is 194 g/mol. The van der Waals surface area contributed by atoms with Crippen molar-refractivity contribution in [3.63, 3.8) is 0 Å². The number of ether oxygens (including phenoxy) is 1. The van der Waals surface area contributed by atoms with Crippen LogP contribution in [-0.2, 0) is 4.74 Å². The van der Waals surface area contributed by atoms with E-state index in [-0.39, 0.29) is 5.97 Å². The second-order valence-corrected chi connectivity index (χ2v) is 3.01. The van der Waals surface area contributed by atoms with Crippen LogP contribution in [0.3, 0.4) is 0 Å². The molecule has 0 saturated heterocycles. The Hall–Kier alpha value is -1.58. The number of nitrogens with zero attached hydrogens (tertiary/aromatic N) is 2. The molecule has 0 aliphatic heterocycles. The van der Waals surface area contributed by atoms with Crippen molar-refractivity contribution in [3.8, 4) is 0 Å². The Bertz CT molecular complexity index is 324. The van der Waals surface area contributed by atoms with Crippen molar-refractivity contribution in [2.75, 3.05) is 25.6 Å². The molecule has 1 aromatic rings. The summed E-state index contributed by atoms with van der Waals surface area (Å²) in [7, 11) is 3.81. The molecule has 1 aromatic heterocycles. The molecule has 4 heteroatoms. The SMILES string of the molecule is CCOC(=O)c1cc(N(C)C)ccn1. The Morgan fingerprint density at radius 3 is 2.86 bits per heavy atom. The molecule has 0 unspecified atom stereocenters. The lowest BCUT2D eigenvalue weighted by atomic mass is 10.3. The third kappa shape index (κ3) is 2.45. The van der Waals surface area contributed by atoms with E-state index in [2.05, 4.69) is 4.98 Å². The van der Waals surface area contributed by atoms with Gasteiger partial charge in [-0.3, -0.25) is 0 Å². The van der Waals surface area contributed by atoms with Crippen molar-refractivity contribution >= 4 is 11.7 Å². The second kappa shape index (κ2) is 4.60. The van der Waals surface area contributed by atoms with E-state index in [1.54, 1.807) is 19.2 Å². The Kier molecular flexibility index (Phi) is 3.45. The molecule has 0 saturated carbocycles. The number of hydrogen-bond donors (Lipinski definition) is 0. The molecule has 0 aromatic carbocycles. The quantitative estimate of drug-likeness (QED) is 0.681. The molecule has 0 atom stereocenters. The predicted octanol–water partition coefficient (Wildman–Crippen LogP) is 1.32. The van der Waals surface area contributed by atoms with E-state index in [0.29, 0.717) is 12.3 Å². The number of carbonyl (C=O) groups is 1. The molecule has 1 rings (SSSR count). The lowest BCUT2D eigenvalue weighted by Crippen LogP contribution is -2.12. The molecule has 4 nitrogen and oxygen atoms in total. The summed E-state index contributed by atoms with van der Waals surface area (Å²) in [5, 5.41) is 0. The second-order valence-electron chi connectivity index (χ2n) is 3.01. The molecule has 1 heterocycles. The fraction of sp³-hybridized carbons (Fsp3) is 0.400. The van der Waals surface area contributed by atoms with Gasteiger partial charge in [0.1, 0.15) is 5.69 Å². The molecule has 0 radical (unpaired) electrons. The highest BCUT2D eigenvalue weighted by Gasteiger charge is 2.08. The van der Waals surface area contributed by atoms with E-state index in [0.717, 1.165) is 5.69 Å². The zero-order valence-corrected chi connectivity index (χ0v) is 8.65. The molecule has 0 aliphatic carbocycles. The molecule has 0 N–H and O–H groups in total. The zero-order chi connectivity index (χ0) is 10.6. The van der Waals surface area contributed by atoms with E-state index < -0.39 is 0 Å². The summed E-state index contributed by atoms with van der Waals surface area (Å²) in [6.45, 7) is 2.14. The van der Waals surface area contributed by atoms with Gasteiger partial charge in [0, 0.05) is 26.0 Å². The van der Waals surface area contributed by atoms with Crippen LogP contribution in [0.2, 0.25) is 0 Å². The van der Waals surface area contributed by atoms with Crippen LogP contribution < -0.4 is 4.90 Å². The summed E-state index contributed by atoms with van der Waals surface area (Å²) in [6.07, 6.45) is 1.60. The summed E-state index contributed by atoms with van der Waals surface area (Å²) in [5.74, 6) is -0.379. The predicted molar refractivity (Wildman–Crippen MR) is 54.5 cm³/mol. The highest BCUT2D eigenvalue weighted by Crippen LogP contribution is 2.11. The average molecular weight is 194 g/mol. The van der Waals surface area contributed by atoms with Crippen LogP contribution in [0, 0.1) is 0 Å². The number of anilines is 1. The summed E-state index contributed by atoms with van der Waals surface area (Å²) >= 11 is 0. The Morgan fingerprint density at radius 1 is 1.57 bits per heavy atom. The molecular weight excluding hydrogens is 180 g/mol. The van der Waals surface area contributed by atoms with Crippen molar-refractivity contribution in [1.29, 1.82) is 0 Å². The van der Waals surface area contributed by atoms with Gasteiger partial charge in [0.05, 0.1) is 6.61 Å². The lowest BCUT2D eigenvalue weighted by molar-refractivity contribution is 0.0519. The van der Waals surface area contributed by atoms with Crippen LogP contribution in [0.5, 0.6) is 0 Å². The fourth-order valence-corrected chi connectivity index (χ4v) is 1.01. The van der Waals surface area contributed by atoms with Gasteiger partial charge in [0.25, 0.3) is 0 Å². The van der Waals surface area contributed by atoms with Crippen LogP contribution in [0.25, 0.3) is 0 Å². The fourth-order valence-electron chi connectivity index (χ4n) is 1.01. The first-order valence-corrected chi connectivity index (χ1v) is 4.45. The number of hydrogen-bond acceptors (Lipinski definition) is 4. The third-order valence-electron chi connectivity index (χ3n) is 1.74. The normalized spacial score (nSPS) is 9.64. The van der Waals surface area contributed by atoms with Crippen LogP contribution in [0.1, 0.15) is 17.4 Å². The maximum absolute atomic E-state index is 11.3. The standard InChI is InChI=1S/C10H14N2O2/c1-4-14-10(13)9-7-8(12(2)3)5-6-11-9/h5-7H,4H2,1-3H3. The molecule has 0 aliphatic rings. The van der Waals surface area contributed by atoms with Crippen LogP contribution in [0.15, 0.2) is 18.3 Å². The van der Waals surface area contributed by atoms with Gasteiger partial charge in [-0.2, -0.15) is 0 Å². The van der Waals surface area contributed by atoms with E-state index >= 15 is 0 Å². The van der Waals surface area contributed by atoms with Crippen LogP contribution in [0.4, 0.5) is 5.69 Å². The van der Waals surface area contributed by atoms with Gasteiger partial charge in [-0.15, -0.1) is 0 Å². The molecular formula is C10H14N2O2. The molecule has 0 spiro atoms. The van der Waals surface area contributed by atoms with E-state index in [1.165, 1.54) is 0 Å². The number of rotatable bonds is 3. The van der Waals surface area contributed by atoms with Crippen LogP contribution >= 0.6 is 0 Å². The first-order chi connectivity index (χ1) is 6.65. The minimum Gasteiger partial charge on any atom is -0.461 e. The summed E-state index contributed by atoms with van der Waals surface area (Å²) in [5.41, 5.74) is 1.28. The molecule has 76 valence electrons. The molecule has 0 fully saturated rings. The van der Waals surface area contributed by atoms with Gasteiger partial charge >= 0.3 is 5.97 Å². The number of esters is 1. The van der Waals surface area contributed by atoms with Gasteiger partial charge in [-0.1, -0.05) is 0 Å². The average Bonchev–Trinajstić information content (AvgIpc) is 2.18. The first-order valence-electron chi connectivity index (χ1n) is 4.45. The van der Waals surface area contributed by atoms with Crippen molar-refractivity contribution in [1.82, 2.24) is 4.98 Å². The summed E-state index contributed by atoms with van der Waals surface area (Å²) in [4.78, 5) is 17.2. The van der Waals surface area contributed by atoms with Gasteiger partial charge in [0.15, 0.2) is 0 Å². The topological polar surface area (TPSA) is 42.4 Å². The smallest absolute Gasteiger partial charge is 0.356 e. The van der Waals surface area contributed by atoms with Crippen molar-refractivity contribution in [3.05, 3.63) is 24.0 Å². The number of carbonyl (C=O) groups excluding carboxylic acids is 1. The van der Waals surface area contributed by atoms with Crippen molar-refractivity contribution < 1.29 is 9.53 Å². The first kappa shape index (κ1) is 10.5. The van der Waals surface area contributed by atoms with E-state index in [9.17, 15) is 4.79 Å². The highest BCUT2D eigenvalue weighted by atomic mass is 16.5. The van der Waals surface area contributed by atoms with Crippen LogP contribution in [-0.4, -0.2) is 31.7 Å². The molecule has 0 amide bonds. The van der Waals surface area contributed by atoms with Gasteiger partial charge in [0.2, 0.25) is 0 Å². The summed E-state index contributed by atoms with van der Waals surface area (Å²) < 4.78 is 4.84. The third-order valence-corrected chi connectivity index (χ3v) is 1.74. The summed E-state index contributed by atoms with van der Waals surface area (Å²) in [6, 6.07) is 3.54. The lowest BCUT2D eigenvalue weighted by Gasteiger charge is -2.12. The minimum atomic E-state index is -0.379. The largest absolute Gasteiger partial charge is 0.461 e. The van der Waals surface area contributed by atoms with E-state index in [4.69, 9.17) is 4.74 Å². The minimum absolute atomic E-state index is 0.345. The highest BCUT2D eigenvalue weighted by molar-refractivity contribution is 5.88. The zero-order valence-electron chi connectivity index (χ0n) is 8.65. The van der Waals surface area contributed by atoms with Gasteiger partial charge in [-0.05, 0) is 19.1 Å². The Balaban J connectivity index is 2.88. The van der Waals surface area contributed by atoms with Crippen molar-refractivity contribution in [2.24, 2.45) is 0 Å². The number of pyridine rings is 1.